The lowest BCUT2D eigenvalue weighted by Gasteiger charge is -2.13. The van der Waals surface area contributed by atoms with E-state index in [-0.39, 0.29) is 18.4 Å². The first kappa shape index (κ1) is 24.3. The molecule has 184 valence electrons. The quantitative estimate of drug-likeness (QED) is 0.348. The van der Waals surface area contributed by atoms with Gasteiger partial charge in [-0.15, -0.1) is 0 Å². The van der Waals surface area contributed by atoms with E-state index in [1.165, 1.54) is 14.2 Å². The van der Waals surface area contributed by atoms with E-state index in [9.17, 15) is 9.59 Å². The van der Waals surface area contributed by atoms with Crippen molar-refractivity contribution in [3.63, 3.8) is 0 Å². The van der Waals surface area contributed by atoms with E-state index >= 15 is 0 Å². The van der Waals surface area contributed by atoms with Crippen molar-refractivity contribution in [1.29, 1.82) is 0 Å². The third kappa shape index (κ3) is 6.20. The van der Waals surface area contributed by atoms with Gasteiger partial charge < -0.3 is 24.8 Å². The molecule has 36 heavy (non-hydrogen) atoms. The maximum atomic E-state index is 12.8. The topological polar surface area (TPSA) is 104 Å². The summed E-state index contributed by atoms with van der Waals surface area (Å²) in [6, 6.07) is 21.7. The molecule has 0 unspecified atom stereocenters. The maximum Gasteiger partial charge on any atom is 0.262 e. The molecule has 0 spiro atoms. The van der Waals surface area contributed by atoms with Crippen LogP contribution in [0.5, 0.6) is 17.2 Å². The summed E-state index contributed by atoms with van der Waals surface area (Å²) in [4.78, 5) is 25.1. The summed E-state index contributed by atoms with van der Waals surface area (Å²) in [5.74, 6) is 0.515. The molecular weight excluding hydrogens is 460 g/mol. The third-order valence-electron chi connectivity index (χ3n) is 5.24. The van der Waals surface area contributed by atoms with Crippen LogP contribution in [0.4, 0.5) is 11.4 Å². The van der Waals surface area contributed by atoms with Gasteiger partial charge in [-0.2, -0.15) is 5.10 Å². The normalized spacial score (nSPS) is 10.4. The lowest BCUT2D eigenvalue weighted by Crippen LogP contribution is -2.20. The van der Waals surface area contributed by atoms with Crippen LogP contribution >= 0.6 is 0 Å². The fraction of sp³-hybridized carbons (Fsp3) is 0.148. The number of nitrogens with one attached hydrogen (secondary N) is 2. The van der Waals surface area contributed by atoms with E-state index in [1.54, 1.807) is 53.5 Å². The van der Waals surface area contributed by atoms with Crippen LogP contribution in [0.3, 0.4) is 0 Å². The number of nitrogens with zero attached hydrogens (tertiary/aromatic N) is 2. The molecule has 1 aromatic heterocycles. The summed E-state index contributed by atoms with van der Waals surface area (Å²) in [5, 5.41) is 9.87. The Morgan fingerprint density at radius 2 is 1.61 bits per heavy atom. The average Bonchev–Trinajstić information content (AvgIpc) is 3.34. The molecule has 0 saturated heterocycles. The predicted octanol–water partition coefficient (Wildman–Crippen LogP) is 4.22. The van der Waals surface area contributed by atoms with Gasteiger partial charge in [0.15, 0.2) is 18.1 Å². The van der Waals surface area contributed by atoms with Crippen LogP contribution in [0.15, 0.2) is 85.2 Å². The van der Waals surface area contributed by atoms with Gasteiger partial charge in [-0.05, 0) is 35.9 Å². The van der Waals surface area contributed by atoms with Crippen LogP contribution in [0.1, 0.15) is 15.9 Å². The summed E-state index contributed by atoms with van der Waals surface area (Å²) < 4.78 is 18.0. The monoisotopic (exact) mass is 486 g/mol. The second-order valence-corrected chi connectivity index (χ2v) is 7.77. The molecule has 2 N–H and O–H groups in total. The number of hydrogen-bond acceptors (Lipinski definition) is 6. The molecule has 0 radical (unpaired) electrons. The largest absolute Gasteiger partial charge is 0.495 e. The number of anilines is 2. The Hall–Kier alpha value is -4.79. The van der Waals surface area contributed by atoms with E-state index in [0.717, 1.165) is 5.56 Å². The van der Waals surface area contributed by atoms with Crippen molar-refractivity contribution < 1.29 is 23.8 Å². The second-order valence-electron chi connectivity index (χ2n) is 7.77. The Morgan fingerprint density at radius 1 is 0.861 bits per heavy atom. The minimum Gasteiger partial charge on any atom is -0.495 e. The van der Waals surface area contributed by atoms with E-state index < -0.39 is 0 Å². The maximum absolute atomic E-state index is 12.8. The van der Waals surface area contributed by atoms with Crippen molar-refractivity contribution in [2.75, 3.05) is 31.5 Å². The number of benzene rings is 3. The average molecular weight is 487 g/mol. The number of amides is 2. The molecule has 9 heteroatoms. The van der Waals surface area contributed by atoms with Crippen molar-refractivity contribution in [3.8, 4) is 17.2 Å². The van der Waals surface area contributed by atoms with Gasteiger partial charge in [0.1, 0.15) is 5.75 Å². The number of carbonyl (C=O) groups excluding carboxylic acids is 2. The highest BCUT2D eigenvalue weighted by Crippen LogP contribution is 2.29. The molecule has 2 amide bonds. The fourth-order valence-corrected chi connectivity index (χ4v) is 3.49. The summed E-state index contributed by atoms with van der Waals surface area (Å²) >= 11 is 0. The molecule has 0 saturated carbocycles. The van der Waals surface area contributed by atoms with Gasteiger partial charge in [0.2, 0.25) is 0 Å². The Balaban J connectivity index is 1.35. The Morgan fingerprint density at radius 3 is 2.39 bits per heavy atom. The van der Waals surface area contributed by atoms with Crippen LogP contribution in [-0.4, -0.2) is 42.4 Å². The van der Waals surface area contributed by atoms with Crippen molar-refractivity contribution in [2.45, 2.75) is 6.54 Å². The molecule has 0 aliphatic carbocycles. The zero-order chi connectivity index (χ0) is 25.3. The molecule has 1 heterocycles. The summed E-state index contributed by atoms with van der Waals surface area (Å²) in [6.45, 7) is 0.349. The van der Waals surface area contributed by atoms with Crippen molar-refractivity contribution >= 4 is 23.2 Å². The van der Waals surface area contributed by atoms with Crippen molar-refractivity contribution in [2.24, 2.45) is 0 Å². The number of methoxy groups -OCH3 is 2. The smallest absolute Gasteiger partial charge is 0.262 e. The molecule has 0 aliphatic rings. The molecule has 0 bridgehead atoms. The number of hydrogen-bond donors (Lipinski definition) is 2. The zero-order valence-electron chi connectivity index (χ0n) is 19.9. The lowest BCUT2D eigenvalue weighted by atomic mass is 10.2. The van der Waals surface area contributed by atoms with Gasteiger partial charge in [0, 0.05) is 11.8 Å². The number of carbonyl (C=O) groups is 2. The number of para-hydroxylation sites is 2. The van der Waals surface area contributed by atoms with Gasteiger partial charge in [-0.3, -0.25) is 14.3 Å². The van der Waals surface area contributed by atoms with Gasteiger partial charge in [0.25, 0.3) is 11.8 Å². The SMILES string of the molecule is COc1ccccc1NC(=O)COc1ccc(C(=O)Nc2cnn(Cc3ccccc3)c2)cc1OC. The van der Waals surface area contributed by atoms with Gasteiger partial charge in [-0.1, -0.05) is 42.5 Å². The van der Waals surface area contributed by atoms with E-state index in [4.69, 9.17) is 14.2 Å². The van der Waals surface area contributed by atoms with Crippen LogP contribution in [0.25, 0.3) is 0 Å². The summed E-state index contributed by atoms with van der Waals surface area (Å²) in [6.07, 6.45) is 3.36. The van der Waals surface area contributed by atoms with E-state index in [0.29, 0.717) is 40.7 Å². The Kier molecular flexibility index (Phi) is 7.82. The van der Waals surface area contributed by atoms with Crippen molar-refractivity contribution in [3.05, 3.63) is 96.3 Å². The van der Waals surface area contributed by atoms with E-state index in [2.05, 4.69) is 15.7 Å². The molecule has 9 nitrogen and oxygen atoms in total. The van der Waals surface area contributed by atoms with Gasteiger partial charge in [0.05, 0.1) is 38.3 Å². The minimum atomic E-state index is -0.365. The zero-order valence-corrected chi connectivity index (χ0v) is 19.9. The highest BCUT2D eigenvalue weighted by molar-refractivity contribution is 6.04. The second kappa shape index (κ2) is 11.6. The summed E-state index contributed by atoms with van der Waals surface area (Å²) in [7, 11) is 2.99. The molecule has 4 aromatic rings. The highest BCUT2D eigenvalue weighted by Gasteiger charge is 2.14. The first-order valence-electron chi connectivity index (χ1n) is 11.2. The summed E-state index contributed by atoms with van der Waals surface area (Å²) in [5.41, 5.74) is 2.59. The number of ether oxygens (including phenoxy) is 3. The van der Waals surface area contributed by atoms with Gasteiger partial charge >= 0.3 is 0 Å². The first-order valence-corrected chi connectivity index (χ1v) is 11.2. The van der Waals surface area contributed by atoms with E-state index in [1.807, 2.05) is 36.4 Å². The Labute approximate surface area is 208 Å². The minimum absolute atomic E-state index is 0.249. The lowest BCUT2D eigenvalue weighted by molar-refractivity contribution is -0.118. The molecule has 0 atom stereocenters. The van der Waals surface area contributed by atoms with Crippen molar-refractivity contribution in [1.82, 2.24) is 9.78 Å². The molecule has 4 rings (SSSR count). The molecule has 3 aromatic carbocycles. The van der Waals surface area contributed by atoms with Crippen LogP contribution in [0.2, 0.25) is 0 Å². The highest BCUT2D eigenvalue weighted by atomic mass is 16.5. The van der Waals surface area contributed by atoms with Crippen LogP contribution in [-0.2, 0) is 11.3 Å². The number of rotatable bonds is 10. The molecular formula is C27H26N4O5. The predicted molar refractivity (Wildman–Crippen MR) is 136 cm³/mol. The molecule has 0 fully saturated rings. The third-order valence-corrected chi connectivity index (χ3v) is 5.24. The standard InChI is InChI=1S/C27H26N4O5/c1-34-23-11-7-6-10-22(23)30-26(32)18-36-24-13-12-20(14-25(24)35-2)27(33)29-21-15-28-31(17-21)16-19-8-4-3-5-9-19/h3-15,17H,16,18H2,1-2H3,(H,29,33)(H,30,32). The molecule has 0 aliphatic heterocycles. The van der Waals surface area contributed by atoms with Crippen LogP contribution < -0.4 is 24.8 Å². The number of aromatic nitrogens is 2. The fourth-order valence-electron chi connectivity index (χ4n) is 3.49. The van der Waals surface area contributed by atoms with Gasteiger partial charge in [-0.25, -0.2) is 0 Å². The first-order chi connectivity index (χ1) is 17.6. The van der Waals surface area contributed by atoms with Crippen LogP contribution in [0, 0.1) is 0 Å². The Bertz CT molecular complexity index is 1340.